The van der Waals surface area contributed by atoms with Crippen LogP contribution in [0.25, 0.3) is 0 Å². The Bertz CT molecular complexity index is 232. The van der Waals surface area contributed by atoms with Gasteiger partial charge in [0.25, 0.3) is 0 Å². The summed E-state index contributed by atoms with van der Waals surface area (Å²) in [5, 5.41) is 0. The van der Waals surface area contributed by atoms with Crippen molar-refractivity contribution in [1.29, 1.82) is 0 Å². The Morgan fingerprint density at radius 3 is 1.27 bits per heavy atom. The number of allylic oxidation sites excluding steroid dienone is 4. The molecule has 0 saturated carbocycles. The average Bonchev–Trinajstić information content (AvgIpc) is 1.95. The van der Waals surface area contributed by atoms with E-state index in [-0.39, 0.29) is 73.6 Å². The molecule has 0 nitrogen and oxygen atoms in total. The van der Waals surface area contributed by atoms with E-state index in [4.69, 9.17) is 0 Å². The third-order valence-corrected chi connectivity index (χ3v) is 2.56. The van der Waals surface area contributed by atoms with Gasteiger partial charge in [0.1, 0.15) is 0 Å². The van der Waals surface area contributed by atoms with Gasteiger partial charge >= 0.3 is 18.6 Å². The van der Waals surface area contributed by atoms with Crippen molar-refractivity contribution in [2.75, 3.05) is 0 Å². The molecule has 0 amide bonds. The van der Waals surface area contributed by atoms with E-state index >= 15 is 0 Å². The third-order valence-electron chi connectivity index (χ3n) is 2.56. The molecule has 0 aromatic carbocycles. The first-order chi connectivity index (χ1) is 4.45. The van der Waals surface area contributed by atoms with Gasteiger partial charge in [-0.15, -0.1) is 6.92 Å². The topological polar surface area (TPSA) is 0 Å². The summed E-state index contributed by atoms with van der Waals surface area (Å²) >= 11 is 0. The Labute approximate surface area is 130 Å². The summed E-state index contributed by atoms with van der Waals surface area (Å²) in [6, 6.07) is 0. The van der Waals surface area contributed by atoms with Crippen molar-refractivity contribution in [2.45, 2.75) is 34.6 Å². The smallest absolute Gasteiger partial charge is 1.00 e. The van der Waals surface area contributed by atoms with E-state index in [1.54, 1.807) is 0 Å². The fourth-order valence-corrected chi connectivity index (χ4v) is 1.41. The van der Waals surface area contributed by atoms with Crippen LogP contribution in [0, 0.1) is 11.5 Å². The maximum atomic E-state index is 3.44. The van der Waals surface area contributed by atoms with Crippen LogP contribution in [0.15, 0.2) is 16.7 Å². The third kappa shape index (κ3) is 6.51. The molecule has 1 radical (unpaired) electrons. The Kier molecular flexibility index (Phi) is 20.7. The molecular weight excluding hydrogens is 313 g/mol. The second kappa shape index (κ2) is 10.4. The van der Waals surface area contributed by atoms with E-state index < -0.39 is 0 Å². The SMILES string of the molecule is CC1=[C-]C(C)(C)C(C)=C1C.[Cl-].[Cl-].[Cl-].[Cl-].[V+4]. The predicted octanol–water partition coefficient (Wildman–Crippen LogP) is -8.87. The van der Waals surface area contributed by atoms with E-state index in [2.05, 4.69) is 40.7 Å². The van der Waals surface area contributed by atoms with Crippen molar-refractivity contribution in [2.24, 2.45) is 5.41 Å². The molecule has 89 valence electrons. The Balaban J connectivity index is -0.0000000667. The zero-order valence-corrected chi connectivity index (χ0v) is 13.9. The Morgan fingerprint density at radius 2 is 1.20 bits per heavy atom. The van der Waals surface area contributed by atoms with Crippen molar-refractivity contribution >= 4 is 0 Å². The zero-order valence-electron chi connectivity index (χ0n) is 9.46. The molecule has 0 unspecified atom stereocenters. The molecule has 1 rings (SSSR count). The number of hydrogen-bond donors (Lipinski definition) is 0. The average molecular weight is 328 g/mol. The van der Waals surface area contributed by atoms with Gasteiger partial charge in [-0.2, -0.15) is 11.1 Å². The largest absolute Gasteiger partial charge is 4.00 e. The molecule has 1 aliphatic carbocycles. The Morgan fingerprint density at radius 1 is 0.867 bits per heavy atom. The standard InChI is InChI=1S/C10H15.4ClH.V/c1-7-6-10(4,5)9(3)8(7)2;;;;;/h1-5H3;4*1H;/q-1;;;;;+4/p-4. The minimum atomic E-state index is 0. The van der Waals surface area contributed by atoms with E-state index in [9.17, 15) is 0 Å². The van der Waals surface area contributed by atoms with Gasteiger partial charge in [0.05, 0.1) is 0 Å². The van der Waals surface area contributed by atoms with Gasteiger partial charge < -0.3 is 49.6 Å². The first kappa shape index (κ1) is 29.8. The van der Waals surface area contributed by atoms with Gasteiger partial charge in [-0.05, 0) is 0 Å². The van der Waals surface area contributed by atoms with Crippen LogP contribution in [0.4, 0.5) is 0 Å². The van der Waals surface area contributed by atoms with Crippen molar-refractivity contribution in [3.63, 3.8) is 0 Å². The molecule has 0 atom stereocenters. The molecule has 0 saturated heterocycles. The van der Waals surface area contributed by atoms with Crippen LogP contribution in [0.1, 0.15) is 34.6 Å². The van der Waals surface area contributed by atoms with Crippen molar-refractivity contribution in [1.82, 2.24) is 0 Å². The molecule has 0 aromatic rings. The monoisotopic (exact) mass is 326 g/mol. The van der Waals surface area contributed by atoms with Crippen molar-refractivity contribution < 1.29 is 68.2 Å². The van der Waals surface area contributed by atoms with Crippen LogP contribution >= 0.6 is 0 Å². The second-order valence-corrected chi connectivity index (χ2v) is 3.62. The summed E-state index contributed by atoms with van der Waals surface area (Å²) in [7, 11) is 0. The van der Waals surface area contributed by atoms with Crippen molar-refractivity contribution in [3.05, 3.63) is 22.8 Å². The number of hydrogen-bond acceptors (Lipinski definition) is 0. The van der Waals surface area contributed by atoms with Gasteiger partial charge in [-0.3, -0.25) is 6.08 Å². The molecule has 0 spiro atoms. The summed E-state index contributed by atoms with van der Waals surface area (Å²) in [4.78, 5) is 0. The van der Waals surface area contributed by atoms with E-state index in [0.717, 1.165) is 0 Å². The van der Waals surface area contributed by atoms with Gasteiger partial charge in [0.2, 0.25) is 0 Å². The van der Waals surface area contributed by atoms with Crippen LogP contribution in [0.2, 0.25) is 0 Å². The van der Waals surface area contributed by atoms with Gasteiger partial charge in [0, 0.05) is 0 Å². The molecule has 0 bridgehead atoms. The predicted molar refractivity (Wildman–Crippen MR) is 44.6 cm³/mol. The quantitative estimate of drug-likeness (QED) is 0.388. The van der Waals surface area contributed by atoms with Crippen molar-refractivity contribution in [3.8, 4) is 0 Å². The fourth-order valence-electron chi connectivity index (χ4n) is 1.41. The van der Waals surface area contributed by atoms with Crippen LogP contribution in [-0.2, 0) is 18.6 Å². The zero-order chi connectivity index (χ0) is 7.94. The van der Waals surface area contributed by atoms with E-state index in [0.29, 0.717) is 0 Å². The minimum absolute atomic E-state index is 0. The van der Waals surface area contributed by atoms with Crippen LogP contribution in [0.5, 0.6) is 0 Å². The molecule has 0 aromatic heterocycles. The maximum Gasteiger partial charge on any atom is 4.00 e. The molecule has 0 N–H and O–H groups in total. The first-order valence-electron chi connectivity index (χ1n) is 3.75. The van der Waals surface area contributed by atoms with E-state index in [1.165, 1.54) is 16.7 Å². The van der Waals surface area contributed by atoms with Crippen LogP contribution in [0.3, 0.4) is 0 Å². The molecule has 1 aliphatic rings. The maximum absolute atomic E-state index is 3.44. The minimum Gasteiger partial charge on any atom is -1.00 e. The number of halogens is 4. The first-order valence-corrected chi connectivity index (χ1v) is 3.75. The molecule has 15 heavy (non-hydrogen) atoms. The molecule has 5 heteroatoms. The number of rotatable bonds is 0. The fraction of sp³-hybridized carbons (Fsp3) is 0.600. The molecule has 0 aliphatic heterocycles. The molecular formula is C10H15Cl4V-. The summed E-state index contributed by atoms with van der Waals surface area (Å²) < 4.78 is 0. The Hall–Kier alpha value is 1.22. The van der Waals surface area contributed by atoms with Crippen LogP contribution in [-0.4, -0.2) is 0 Å². The van der Waals surface area contributed by atoms with Gasteiger partial charge in [-0.1, -0.05) is 33.1 Å². The molecule has 0 fully saturated rings. The summed E-state index contributed by atoms with van der Waals surface area (Å²) in [6.07, 6.45) is 3.44. The summed E-state index contributed by atoms with van der Waals surface area (Å²) in [6.45, 7) is 10.9. The van der Waals surface area contributed by atoms with Gasteiger partial charge in [0.15, 0.2) is 0 Å². The van der Waals surface area contributed by atoms with Crippen LogP contribution < -0.4 is 49.6 Å². The second-order valence-electron chi connectivity index (χ2n) is 3.62. The normalized spacial score (nSPS) is 15.7. The van der Waals surface area contributed by atoms with Gasteiger partial charge in [-0.25, -0.2) is 5.57 Å². The molecule has 0 heterocycles. The summed E-state index contributed by atoms with van der Waals surface area (Å²) in [5.41, 5.74) is 4.39. The van der Waals surface area contributed by atoms with E-state index in [1.807, 2.05) is 0 Å². The summed E-state index contributed by atoms with van der Waals surface area (Å²) in [5.74, 6) is 0.